The molecular formula is C15H28N2O3. The fraction of sp³-hybridized carbons (Fsp3) is 0.933. The van der Waals surface area contributed by atoms with E-state index in [0.29, 0.717) is 25.1 Å². The Morgan fingerprint density at radius 2 is 2.15 bits per heavy atom. The summed E-state index contributed by atoms with van der Waals surface area (Å²) in [5, 5.41) is 3.27. The van der Waals surface area contributed by atoms with Crippen LogP contribution in [0.4, 0.5) is 0 Å². The van der Waals surface area contributed by atoms with Crippen molar-refractivity contribution in [2.75, 3.05) is 33.9 Å². The average molecular weight is 284 g/mol. The zero-order chi connectivity index (χ0) is 14.8. The smallest absolute Gasteiger partial charge is 0.327 e. The van der Waals surface area contributed by atoms with Gasteiger partial charge in [0.25, 0.3) is 0 Å². The molecule has 2 aliphatic rings. The minimum absolute atomic E-state index is 0.108. The number of likely N-dealkylation sites (N-methyl/N-ethyl adjacent to an activating group) is 2. The summed E-state index contributed by atoms with van der Waals surface area (Å²) in [4.78, 5) is 14.7. The normalized spacial score (nSPS) is 29.4. The van der Waals surface area contributed by atoms with Gasteiger partial charge in [0, 0.05) is 19.2 Å². The van der Waals surface area contributed by atoms with Gasteiger partial charge in [0.1, 0.15) is 5.54 Å². The number of carbonyl (C=O) groups is 1. The molecule has 1 saturated carbocycles. The Morgan fingerprint density at radius 3 is 2.60 bits per heavy atom. The number of rotatable bonds is 7. The molecule has 1 N–H and O–H groups in total. The Labute approximate surface area is 122 Å². The lowest BCUT2D eigenvalue weighted by molar-refractivity contribution is -0.153. The van der Waals surface area contributed by atoms with E-state index in [4.69, 9.17) is 9.47 Å². The molecule has 1 saturated heterocycles. The molecule has 0 aromatic heterocycles. The van der Waals surface area contributed by atoms with Crippen LogP contribution in [-0.2, 0) is 14.3 Å². The van der Waals surface area contributed by atoms with Crippen LogP contribution in [0.2, 0.25) is 0 Å². The van der Waals surface area contributed by atoms with Crippen LogP contribution in [0.25, 0.3) is 0 Å². The molecule has 5 nitrogen and oxygen atoms in total. The van der Waals surface area contributed by atoms with Gasteiger partial charge in [-0.1, -0.05) is 0 Å². The summed E-state index contributed by atoms with van der Waals surface area (Å²) in [5.74, 6) is 0.287. The van der Waals surface area contributed by atoms with E-state index in [1.807, 2.05) is 14.0 Å². The molecule has 3 unspecified atom stereocenters. The third kappa shape index (κ3) is 3.00. The lowest BCUT2D eigenvalue weighted by Gasteiger charge is -2.38. The number of nitrogens with zero attached hydrogens (tertiary/aromatic N) is 1. The van der Waals surface area contributed by atoms with E-state index in [-0.39, 0.29) is 12.1 Å². The topological polar surface area (TPSA) is 50.8 Å². The van der Waals surface area contributed by atoms with Gasteiger partial charge in [0.2, 0.25) is 0 Å². The zero-order valence-electron chi connectivity index (χ0n) is 13.1. The highest BCUT2D eigenvalue weighted by Crippen LogP contribution is 2.41. The molecule has 0 bridgehead atoms. The zero-order valence-corrected chi connectivity index (χ0v) is 13.1. The maximum Gasteiger partial charge on any atom is 0.327 e. The van der Waals surface area contributed by atoms with Crippen LogP contribution in [0.15, 0.2) is 0 Å². The van der Waals surface area contributed by atoms with Gasteiger partial charge in [-0.3, -0.25) is 4.90 Å². The molecule has 2 fully saturated rings. The quantitative estimate of drug-likeness (QED) is 0.708. The first-order chi connectivity index (χ1) is 9.55. The predicted molar refractivity (Wildman–Crippen MR) is 77.6 cm³/mol. The second-order valence-corrected chi connectivity index (χ2v) is 6.06. The first-order valence-corrected chi connectivity index (χ1v) is 7.73. The number of hydrogen-bond donors (Lipinski definition) is 1. The molecule has 5 heteroatoms. The van der Waals surface area contributed by atoms with Crippen molar-refractivity contribution in [1.29, 1.82) is 0 Å². The summed E-state index contributed by atoms with van der Waals surface area (Å²) >= 11 is 0. The van der Waals surface area contributed by atoms with Crippen LogP contribution in [-0.4, -0.2) is 62.4 Å². The van der Waals surface area contributed by atoms with E-state index < -0.39 is 5.54 Å². The molecule has 116 valence electrons. The highest BCUT2D eigenvalue weighted by atomic mass is 16.5. The van der Waals surface area contributed by atoms with Crippen molar-refractivity contribution in [3.8, 4) is 0 Å². The van der Waals surface area contributed by atoms with Crippen LogP contribution in [0, 0.1) is 5.92 Å². The molecule has 1 aliphatic heterocycles. The van der Waals surface area contributed by atoms with E-state index in [1.165, 1.54) is 0 Å². The summed E-state index contributed by atoms with van der Waals surface area (Å²) in [6, 6.07) is 0.385. The van der Waals surface area contributed by atoms with Gasteiger partial charge >= 0.3 is 5.97 Å². The summed E-state index contributed by atoms with van der Waals surface area (Å²) in [5.41, 5.74) is -0.562. The number of ether oxygens (including phenoxy) is 2. The van der Waals surface area contributed by atoms with Crippen LogP contribution in [0.5, 0.6) is 0 Å². The van der Waals surface area contributed by atoms with Gasteiger partial charge in [-0.2, -0.15) is 0 Å². The van der Waals surface area contributed by atoms with Gasteiger partial charge in [0.15, 0.2) is 0 Å². The standard InChI is InChI=1S/C15H28N2O3/c1-5-19-14(18)15(16-3,12-6-7-12)10-17(4)13-8-9-20-11(13)2/h11-13,16H,5-10H2,1-4H3. The summed E-state index contributed by atoms with van der Waals surface area (Å²) < 4.78 is 11.0. The Balaban J connectivity index is 2.09. The van der Waals surface area contributed by atoms with Crippen molar-refractivity contribution in [1.82, 2.24) is 10.2 Å². The minimum atomic E-state index is -0.562. The van der Waals surface area contributed by atoms with Crippen LogP contribution in [0.3, 0.4) is 0 Å². The minimum Gasteiger partial charge on any atom is -0.465 e. The molecule has 0 radical (unpaired) electrons. The largest absolute Gasteiger partial charge is 0.465 e. The van der Waals surface area contributed by atoms with Crippen LogP contribution < -0.4 is 5.32 Å². The summed E-state index contributed by atoms with van der Waals surface area (Å²) in [6.07, 6.45) is 3.47. The van der Waals surface area contributed by atoms with Gasteiger partial charge in [0.05, 0.1) is 12.7 Å². The van der Waals surface area contributed by atoms with Crippen molar-refractivity contribution >= 4 is 5.97 Å². The van der Waals surface area contributed by atoms with E-state index in [2.05, 4.69) is 24.2 Å². The average Bonchev–Trinajstić information content (AvgIpc) is 3.18. The summed E-state index contributed by atoms with van der Waals surface area (Å²) in [6.45, 7) is 5.90. The fourth-order valence-electron chi connectivity index (χ4n) is 3.39. The first-order valence-electron chi connectivity index (χ1n) is 7.73. The highest BCUT2D eigenvalue weighted by Gasteiger charge is 2.52. The predicted octanol–water partition coefficient (Wildman–Crippen LogP) is 1.03. The molecule has 1 heterocycles. The monoisotopic (exact) mass is 284 g/mol. The Hall–Kier alpha value is -0.650. The number of carbonyl (C=O) groups excluding carboxylic acids is 1. The molecular weight excluding hydrogens is 256 g/mol. The Morgan fingerprint density at radius 1 is 1.45 bits per heavy atom. The third-order valence-electron chi connectivity index (χ3n) is 4.76. The van der Waals surface area contributed by atoms with E-state index in [1.54, 1.807) is 0 Å². The molecule has 0 spiro atoms. The number of hydrogen-bond acceptors (Lipinski definition) is 5. The van der Waals surface area contributed by atoms with E-state index >= 15 is 0 Å². The Kier molecular flexibility index (Phi) is 5.04. The highest BCUT2D eigenvalue weighted by molar-refractivity contribution is 5.82. The molecule has 1 aliphatic carbocycles. The molecule has 2 rings (SSSR count). The molecule has 0 aromatic rings. The molecule has 0 amide bonds. The second-order valence-electron chi connectivity index (χ2n) is 6.06. The van der Waals surface area contributed by atoms with Crippen LogP contribution in [0.1, 0.15) is 33.1 Å². The van der Waals surface area contributed by atoms with E-state index in [0.717, 1.165) is 25.9 Å². The first kappa shape index (κ1) is 15.7. The second kappa shape index (κ2) is 6.41. The fourth-order valence-corrected chi connectivity index (χ4v) is 3.39. The van der Waals surface area contributed by atoms with Crippen molar-refractivity contribution < 1.29 is 14.3 Å². The van der Waals surface area contributed by atoms with Crippen LogP contribution >= 0.6 is 0 Å². The van der Waals surface area contributed by atoms with E-state index in [9.17, 15) is 4.79 Å². The molecule has 20 heavy (non-hydrogen) atoms. The molecule has 3 atom stereocenters. The lowest BCUT2D eigenvalue weighted by atomic mass is 9.91. The maximum absolute atomic E-state index is 12.5. The van der Waals surface area contributed by atoms with Crippen molar-refractivity contribution in [2.24, 2.45) is 5.92 Å². The lowest BCUT2D eigenvalue weighted by Crippen LogP contribution is -2.61. The third-order valence-corrected chi connectivity index (χ3v) is 4.76. The van der Waals surface area contributed by atoms with Crippen molar-refractivity contribution in [3.05, 3.63) is 0 Å². The number of esters is 1. The maximum atomic E-state index is 12.5. The Bertz CT molecular complexity index is 346. The van der Waals surface area contributed by atoms with Gasteiger partial charge in [-0.05, 0) is 53.1 Å². The van der Waals surface area contributed by atoms with Gasteiger partial charge < -0.3 is 14.8 Å². The number of nitrogens with one attached hydrogen (secondary N) is 1. The summed E-state index contributed by atoms with van der Waals surface area (Å²) in [7, 11) is 3.96. The van der Waals surface area contributed by atoms with Crippen molar-refractivity contribution in [2.45, 2.75) is 50.8 Å². The van der Waals surface area contributed by atoms with Crippen molar-refractivity contribution in [3.63, 3.8) is 0 Å². The SMILES string of the molecule is CCOC(=O)C(CN(C)C1CCOC1C)(NC)C1CC1. The van der Waals surface area contributed by atoms with Gasteiger partial charge in [-0.15, -0.1) is 0 Å². The van der Waals surface area contributed by atoms with Gasteiger partial charge in [-0.25, -0.2) is 4.79 Å². The molecule has 0 aromatic carbocycles.